The van der Waals surface area contributed by atoms with E-state index in [0.29, 0.717) is 13.0 Å². The average Bonchev–Trinajstić information content (AvgIpc) is 2.51. The molecule has 0 unspecified atom stereocenters. The second-order valence-electron chi connectivity index (χ2n) is 4.86. The molecule has 1 fully saturated rings. The minimum Gasteiger partial charge on any atom is -0.481 e. The predicted molar refractivity (Wildman–Crippen MR) is 63.5 cm³/mol. The first-order valence-electron chi connectivity index (χ1n) is 6.52. The van der Waals surface area contributed by atoms with Crippen LogP contribution >= 0.6 is 0 Å². The lowest BCUT2D eigenvalue weighted by Gasteiger charge is -2.27. The predicted octanol–water partition coefficient (Wildman–Crippen LogP) is 3.23. The molecule has 1 saturated carbocycles. The van der Waals surface area contributed by atoms with Crippen LogP contribution in [-0.4, -0.2) is 24.3 Å². The van der Waals surface area contributed by atoms with E-state index in [9.17, 15) is 9.90 Å². The van der Waals surface area contributed by atoms with E-state index in [1.807, 2.05) is 0 Å². The number of carboxylic acids is 1. The van der Waals surface area contributed by atoms with Crippen molar-refractivity contribution in [3.05, 3.63) is 0 Å². The van der Waals surface area contributed by atoms with Gasteiger partial charge in [-0.25, -0.2) is 0 Å². The first kappa shape index (κ1) is 13.5. The summed E-state index contributed by atoms with van der Waals surface area (Å²) in [5.41, 5.74) is -0.496. The molecule has 1 aliphatic rings. The van der Waals surface area contributed by atoms with Crippen LogP contribution in [0.15, 0.2) is 0 Å². The van der Waals surface area contributed by atoms with Crippen LogP contribution in [0.2, 0.25) is 0 Å². The van der Waals surface area contributed by atoms with Gasteiger partial charge in [0, 0.05) is 13.2 Å². The highest BCUT2D eigenvalue weighted by Gasteiger charge is 2.38. The first-order chi connectivity index (χ1) is 7.71. The highest BCUT2D eigenvalue weighted by atomic mass is 16.5. The van der Waals surface area contributed by atoms with E-state index >= 15 is 0 Å². The summed E-state index contributed by atoms with van der Waals surface area (Å²) in [6.45, 7) is 3.41. The van der Waals surface area contributed by atoms with E-state index in [0.717, 1.165) is 38.7 Å². The number of hydrogen-bond acceptors (Lipinski definition) is 2. The smallest absolute Gasteiger partial charge is 0.309 e. The normalized spacial score (nSPS) is 20.3. The van der Waals surface area contributed by atoms with Crippen molar-refractivity contribution in [2.75, 3.05) is 13.2 Å². The van der Waals surface area contributed by atoms with Crippen molar-refractivity contribution >= 4 is 5.97 Å². The van der Waals surface area contributed by atoms with E-state index in [-0.39, 0.29) is 0 Å². The lowest BCUT2D eigenvalue weighted by Crippen LogP contribution is -2.32. The Morgan fingerprint density at radius 3 is 2.31 bits per heavy atom. The quantitative estimate of drug-likeness (QED) is 0.561. The van der Waals surface area contributed by atoms with Gasteiger partial charge >= 0.3 is 5.97 Å². The van der Waals surface area contributed by atoms with Crippen LogP contribution < -0.4 is 0 Å². The molecule has 1 N–H and O–H groups in total. The first-order valence-corrected chi connectivity index (χ1v) is 6.52. The maximum absolute atomic E-state index is 11.4. The summed E-state index contributed by atoms with van der Waals surface area (Å²) in [6.07, 6.45) is 7.83. The third kappa shape index (κ3) is 3.78. The van der Waals surface area contributed by atoms with Crippen molar-refractivity contribution < 1.29 is 14.6 Å². The van der Waals surface area contributed by atoms with Gasteiger partial charge in [0.1, 0.15) is 0 Å². The van der Waals surface area contributed by atoms with Crippen molar-refractivity contribution in [3.63, 3.8) is 0 Å². The van der Waals surface area contributed by atoms with Crippen molar-refractivity contribution in [2.24, 2.45) is 5.41 Å². The minimum absolute atomic E-state index is 0.496. The molecular weight excluding hydrogens is 204 g/mol. The van der Waals surface area contributed by atoms with Gasteiger partial charge in [-0.15, -0.1) is 0 Å². The van der Waals surface area contributed by atoms with Gasteiger partial charge in [-0.3, -0.25) is 4.79 Å². The topological polar surface area (TPSA) is 46.5 Å². The fraction of sp³-hybridized carbons (Fsp3) is 0.923. The maximum atomic E-state index is 11.4. The zero-order valence-corrected chi connectivity index (χ0v) is 10.3. The van der Waals surface area contributed by atoms with Gasteiger partial charge in [0.2, 0.25) is 0 Å². The summed E-state index contributed by atoms with van der Waals surface area (Å²) >= 11 is 0. The fourth-order valence-electron chi connectivity index (χ4n) is 2.49. The second-order valence-corrected chi connectivity index (χ2v) is 4.86. The Labute approximate surface area is 98.2 Å². The number of carboxylic acid groups (broad SMARTS) is 1. The lowest BCUT2D eigenvalue weighted by molar-refractivity contribution is -0.151. The second kappa shape index (κ2) is 6.89. The maximum Gasteiger partial charge on any atom is 0.309 e. The molecule has 0 aromatic heterocycles. The highest BCUT2D eigenvalue weighted by molar-refractivity contribution is 5.74. The van der Waals surface area contributed by atoms with Crippen LogP contribution in [0.3, 0.4) is 0 Å². The Kier molecular flexibility index (Phi) is 5.81. The summed E-state index contributed by atoms with van der Waals surface area (Å²) in [6, 6.07) is 0. The van der Waals surface area contributed by atoms with Crippen LogP contribution in [0.5, 0.6) is 0 Å². The lowest BCUT2D eigenvalue weighted by atomic mass is 9.78. The Balaban J connectivity index is 2.46. The summed E-state index contributed by atoms with van der Waals surface area (Å²) in [5, 5.41) is 9.41. The fourth-order valence-corrected chi connectivity index (χ4v) is 2.49. The van der Waals surface area contributed by atoms with Crippen molar-refractivity contribution in [1.29, 1.82) is 0 Å². The largest absolute Gasteiger partial charge is 0.481 e. The summed E-state index contributed by atoms with van der Waals surface area (Å²) in [4.78, 5) is 11.4. The van der Waals surface area contributed by atoms with E-state index in [2.05, 4.69) is 6.92 Å². The monoisotopic (exact) mass is 228 g/mol. The van der Waals surface area contributed by atoms with Gasteiger partial charge in [0.25, 0.3) is 0 Å². The van der Waals surface area contributed by atoms with Crippen LogP contribution in [0.4, 0.5) is 0 Å². The van der Waals surface area contributed by atoms with E-state index < -0.39 is 11.4 Å². The molecule has 0 aliphatic heterocycles. The molecule has 0 amide bonds. The Morgan fingerprint density at radius 1 is 1.19 bits per heavy atom. The molecule has 0 bridgehead atoms. The van der Waals surface area contributed by atoms with Gasteiger partial charge in [0.15, 0.2) is 0 Å². The summed E-state index contributed by atoms with van der Waals surface area (Å²) in [5.74, 6) is -0.616. The number of aliphatic carboxylic acids is 1. The number of ether oxygens (including phenoxy) is 1. The molecule has 3 heteroatoms. The van der Waals surface area contributed by atoms with E-state index in [1.54, 1.807) is 0 Å². The number of carbonyl (C=O) groups is 1. The van der Waals surface area contributed by atoms with Crippen LogP contribution in [0, 0.1) is 5.41 Å². The molecule has 16 heavy (non-hydrogen) atoms. The van der Waals surface area contributed by atoms with Crippen molar-refractivity contribution in [2.45, 2.75) is 58.3 Å². The standard InChI is InChI=1S/C13H24O3/c1-2-10-16-11-9-13(12(14)15)7-5-3-4-6-8-13/h2-11H2,1H3,(H,14,15). The van der Waals surface area contributed by atoms with Crippen molar-refractivity contribution in [1.82, 2.24) is 0 Å². The Hall–Kier alpha value is -0.570. The minimum atomic E-state index is -0.616. The third-order valence-corrected chi connectivity index (χ3v) is 3.59. The Bertz CT molecular complexity index is 205. The zero-order chi connectivity index (χ0) is 11.9. The number of hydrogen-bond donors (Lipinski definition) is 1. The van der Waals surface area contributed by atoms with E-state index in [4.69, 9.17) is 4.74 Å². The molecule has 3 nitrogen and oxygen atoms in total. The third-order valence-electron chi connectivity index (χ3n) is 3.59. The molecule has 1 rings (SSSR count). The van der Waals surface area contributed by atoms with Gasteiger partial charge in [-0.05, 0) is 25.7 Å². The molecule has 0 radical (unpaired) electrons. The Morgan fingerprint density at radius 2 is 1.81 bits per heavy atom. The molecule has 1 aliphatic carbocycles. The summed E-state index contributed by atoms with van der Waals surface area (Å²) < 4.78 is 5.44. The average molecular weight is 228 g/mol. The van der Waals surface area contributed by atoms with E-state index in [1.165, 1.54) is 12.8 Å². The van der Waals surface area contributed by atoms with Gasteiger partial charge < -0.3 is 9.84 Å². The molecule has 0 heterocycles. The molecule has 0 aromatic rings. The SMILES string of the molecule is CCCOCCC1(C(=O)O)CCCCCC1. The molecule has 0 saturated heterocycles. The van der Waals surface area contributed by atoms with Gasteiger partial charge in [-0.1, -0.05) is 32.6 Å². The molecular formula is C13H24O3. The van der Waals surface area contributed by atoms with Gasteiger partial charge in [0.05, 0.1) is 5.41 Å². The molecule has 94 valence electrons. The number of rotatable bonds is 6. The van der Waals surface area contributed by atoms with Crippen LogP contribution in [0.25, 0.3) is 0 Å². The van der Waals surface area contributed by atoms with Gasteiger partial charge in [-0.2, -0.15) is 0 Å². The molecule has 0 spiro atoms. The zero-order valence-electron chi connectivity index (χ0n) is 10.3. The van der Waals surface area contributed by atoms with Crippen LogP contribution in [-0.2, 0) is 9.53 Å². The van der Waals surface area contributed by atoms with Crippen molar-refractivity contribution in [3.8, 4) is 0 Å². The summed E-state index contributed by atoms with van der Waals surface area (Å²) in [7, 11) is 0. The molecule has 0 atom stereocenters. The molecule has 0 aromatic carbocycles. The highest BCUT2D eigenvalue weighted by Crippen LogP contribution is 2.38. The van der Waals surface area contributed by atoms with Crippen LogP contribution in [0.1, 0.15) is 58.3 Å².